The number of hydrogen-bond acceptors (Lipinski definition) is 5. The van der Waals surface area contributed by atoms with Crippen LogP contribution in [-0.2, 0) is 4.79 Å². The number of aromatic nitrogens is 2. The highest BCUT2D eigenvalue weighted by molar-refractivity contribution is 5.93. The lowest BCUT2D eigenvalue weighted by molar-refractivity contribution is -0.129. The standard InChI is InChI=1S/C23H24N4O3/c1-15(28)26(2)18-10-12-27(13-11-18)22-21(16-6-4-3-5-7-16)24-19-9-8-17(23(29)30)14-20(19)25-22/h3-9,14,18H,10-13H2,1-2H3,(H,29,30). The summed E-state index contributed by atoms with van der Waals surface area (Å²) < 4.78 is 0. The van der Waals surface area contributed by atoms with Gasteiger partial charge in [0.05, 0.1) is 16.6 Å². The highest BCUT2D eigenvalue weighted by Crippen LogP contribution is 2.32. The molecule has 0 aliphatic carbocycles. The summed E-state index contributed by atoms with van der Waals surface area (Å²) in [6.45, 7) is 3.09. The van der Waals surface area contributed by atoms with Crippen molar-refractivity contribution >= 4 is 28.7 Å². The number of benzene rings is 2. The summed E-state index contributed by atoms with van der Waals surface area (Å²) in [4.78, 5) is 36.8. The van der Waals surface area contributed by atoms with Crippen molar-refractivity contribution in [3.63, 3.8) is 0 Å². The molecule has 2 aromatic carbocycles. The number of hydrogen-bond donors (Lipinski definition) is 1. The van der Waals surface area contributed by atoms with Crippen molar-refractivity contribution in [3.05, 3.63) is 54.1 Å². The van der Waals surface area contributed by atoms with Crippen LogP contribution in [0.2, 0.25) is 0 Å². The van der Waals surface area contributed by atoms with E-state index < -0.39 is 5.97 Å². The normalized spacial score (nSPS) is 14.7. The monoisotopic (exact) mass is 404 g/mol. The second kappa shape index (κ2) is 8.10. The summed E-state index contributed by atoms with van der Waals surface area (Å²) in [7, 11) is 1.85. The van der Waals surface area contributed by atoms with Crippen molar-refractivity contribution in [1.29, 1.82) is 0 Å². The molecule has 1 aliphatic heterocycles. The van der Waals surface area contributed by atoms with E-state index in [1.54, 1.807) is 30.0 Å². The Bertz CT molecular complexity index is 1090. The van der Waals surface area contributed by atoms with Crippen LogP contribution in [0.15, 0.2) is 48.5 Å². The van der Waals surface area contributed by atoms with Crippen LogP contribution in [0.4, 0.5) is 5.82 Å². The summed E-state index contributed by atoms with van der Waals surface area (Å²) in [6, 6.07) is 14.9. The van der Waals surface area contributed by atoms with E-state index in [9.17, 15) is 14.7 Å². The molecular weight excluding hydrogens is 380 g/mol. The van der Waals surface area contributed by atoms with Crippen LogP contribution in [0.3, 0.4) is 0 Å². The molecule has 0 unspecified atom stereocenters. The molecule has 1 saturated heterocycles. The van der Waals surface area contributed by atoms with Crippen LogP contribution in [-0.4, -0.2) is 58.0 Å². The SMILES string of the molecule is CC(=O)N(C)C1CCN(c2nc3cc(C(=O)O)ccc3nc2-c2ccccc2)CC1. The quantitative estimate of drug-likeness (QED) is 0.717. The Morgan fingerprint density at radius 1 is 1.03 bits per heavy atom. The zero-order chi connectivity index (χ0) is 21.3. The smallest absolute Gasteiger partial charge is 0.335 e. The van der Waals surface area contributed by atoms with E-state index in [-0.39, 0.29) is 17.5 Å². The van der Waals surface area contributed by atoms with Crippen LogP contribution < -0.4 is 4.90 Å². The van der Waals surface area contributed by atoms with Crippen molar-refractivity contribution in [2.75, 3.05) is 25.0 Å². The summed E-state index contributed by atoms with van der Waals surface area (Å²) in [5, 5.41) is 9.33. The van der Waals surface area contributed by atoms with Crippen molar-refractivity contribution in [1.82, 2.24) is 14.9 Å². The van der Waals surface area contributed by atoms with Crippen LogP contribution >= 0.6 is 0 Å². The van der Waals surface area contributed by atoms with Crippen LogP contribution in [0.25, 0.3) is 22.3 Å². The van der Waals surface area contributed by atoms with Gasteiger partial charge in [-0.1, -0.05) is 30.3 Å². The molecule has 0 saturated carbocycles. The fourth-order valence-corrected chi connectivity index (χ4v) is 3.91. The van der Waals surface area contributed by atoms with E-state index >= 15 is 0 Å². The molecule has 4 rings (SSSR count). The number of aromatic carboxylic acids is 1. The molecule has 1 amide bonds. The number of carboxylic acids is 1. The van der Waals surface area contributed by atoms with Gasteiger partial charge in [0.1, 0.15) is 5.69 Å². The Labute approximate surface area is 175 Å². The predicted molar refractivity (Wildman–Crippen MR) is 116 cm³/mol. The Balaban J connectivity index is 1.75. The summed E-state index contributed by atoms with van der Waals surface area (Å²) in [5.74, 6) is -0.161. The predicted octanol–water partition coefficient (Wildman–Crippen LogP) is 3.44. The van der Waals surface area contributed by atoms with E-state index in [2.05, 4.69) is 4.90 Å². The third-order valence-corrected chi connectivity index (χ3v) is 5.75. The third kappa shape index (κ3) is 3.83. The number of anilines is 1. The van der Waals surface area contributed by atoms with E-state index in [1.165, 1.54) is 0 Å². The molecule has 3 aromatic rings. The number of piperidine rings is 1. The van der Waals surface area contributed by atoms with Gasteiger partial charge in [0.25, 0.3) is 0 Å². The number of carbonyl (C=O) groups excluding carboxylic acids is 1. The van der Waals surface area contributed by atoms with Gasteiger partial charge in [0.2, 0.25) is 5.91 Å². The zero-order valence-electron chi connectivity index (χ0n) is 17.1. The minimum atomic E-state index is -0.986. The number of carboxylic acid groups (broad SMARTS) is 1. The number of amides is 1. The first-order chi connectivity index (χ1) is 14.4. The fraction of sp³-hybridized carbons (Fsp3) is 0.304. The molecule has 30 heavy (non-hydrogen) atoms. The van der Waals surface area contributed by atoms with E-state index in [0.29, 0.717) is 11.0 Å². The van der Waals surface area contributed by atoms with Gasteiger partial charge in [0, 0.05) is 38.7 Å². The second-order valence-corrected chi connectivity index (χ2v) is 7.62. The summed E-state index contributed by atoms with van der Waals surface area (Å²) in [6.07, 6.45) is 1.69. The minimum absolute atomic E-state index is 0.0742. The molecule has 154 valence electrons. The Kier molecular flexibility index (Phi) is 5.35. The summed E-state index contributed by atoms with van der Waals surface area (Å²) >= 11 is 0. The maximum atomic E-state index is 11.7. The Morgan fingerprint density at radius 3 is 2.37 bits per heavy atom. The van der Waals surface area contributed by atoms with E-state index in [1.807, 2.05) is 37.4 Å². The molecule has 0 spiro atoms. The van der Waals surface area contributed by atoms with E-state index in [0.717, 1.165) is 43.0 Å². The molecule has 7 heteroatoms. The largest absolute Gasteiger partial charge is 0.478 e. The van der Waals surface area contributed by atoms with Gasteiger partial charge in [-0.05, 0) is 31.0 Å². The van der Waals surface area contributed by atoms with Gasteiger partial charge in [-0.2, -0.15) is 0 Å². The van der Waals surface area contributed by atoms with Crippen molar-refractivity contribution in [3.8, 4) is 11.3 Å². The number of nitrogens with zero attached hydrogens (tertiary/aromatic N) is 4. The lowest BCUT2D eigenvalue weighted by Gasteiger charge is -2.37. The molecular formula is C23H24N4O3. The Hall–Kier alpha value is -3.48. The molecule has 1 aromatic heterocycles. The minimum Gasteiger partial charge on any atom is -0.478 e. The lowest BCUT2D eigenvalue weighted by Crippen LogP contribution is -2.45. The first kappa shape index (κ1) is 19.8. The molecule has 0 radical (unpaired) electrons. The van der Waals surface area contributed by atoms with Gasteiger partial charge in [-0.15, -0.1) is 0 Å². The van der Waals surface area contributed by atoms with Crippen molar-refractivity contribution < 1.29 is 14.7 Å². The van der Waals surface area contributed by atoms with Crippen LogP contribution in [0, 0.1) is 0 Å². The maximum absolute atomic E-state index is 11.7. The molecule has 1 fully saturated rings. The maximum Gasteiger partial charge on any atom is 0.335 e. The fourth-order valence-electron chi connectivity index (χ4n) is 3.91. The molecule has 1 aliphatic rings. The van der Waals surface area contributed by atoms with Gasteiger partial charge in [-0.3, -0.25) is 4.79 Å². The van der Waals surface area contributed by atoms with Gasteiger partial charge >= 0.3 is 5.97 Å². The molecule has 1 N–H and O–H groups in total. The first-order valence-corrected chi connectivity index (χ1v) is 10.0. The van der Waals surface area contributed by atoms with Crippen LogP contribution in [0.5, 0.6) is 0 Å². The molecule has 0 bridgehead atoms. The first-order valence-electron chi connectivity index (χ1n) is 10.0. The molecule has 0 atom stereocenters. The van der Waals surface area contributed by atoms with Crippen molar-refractivity contribution in [2.24, 2.45) is 0 Å². The van der Waals surface area contributed by atoms with Crippen molar-refractivity contribution in [2.45, 2.75) is 25.8 Å². The topological polar surface area (TPSA) is 86.6 Å². The average Bonchev–Trinajstić information content (AvgIpc) is 2.78. The zero-order valence-corrected chi connectivity index (χ0v) is 17.1. The highest BCUT2D eigenvalue weighted by atomic mass is 16.4. The lowest BCUT2D eigenvalue weighted by atomic mass is 10.0. The number of carbonyl (C=O) groups is 2. The Morgan fingerprint density at radius 2 is 1.73 bits per heavy atom. The average molecular weight is 404 g/mol. The van der Waals surface area contributed by atoms with Crippen LogP contribution in [0.1, 0.15) is 30.1 Å². The highest BCUT2D eigenvalue weighted by Gasteiger charge is 2.27. The van der Waals surface area contributed by atoms with Gasteiger partial charge in [-0.25, -0.2) is 14.8 Å². The number of rotatable bonds is 4. The molecule has 7 nitrogen and oxygen atoms in total. The second-order valence-electron chi connectivity index (χ2n) is 7.62. The molecule has 2 heterocycles. The van der Waals surface area contributed by atoms with Gasteiger partial charge < -0.3 is 14.9 Å². The third-order valence-electron chi connectivity index (χ3n) is 5.75. The number of fused-ring (bicyclic) bond motifs is 1. The van der Waals surface area contributed by atoms with E-state index in [4.69, 9.17) is 9.97 Å². The van der Waals surface area contributed by atoms with Gasteiger partial charge in [0.15, 0.2) is 5.82 Å². The summed E-state index contributed by atoms with van der Waals surface area (Å²) in [5.41, 5.74) is 3.16.